The van der Waals surface area contributed by atoms with Crippen LogP contribution in [0.4, 0.5) is 0 Å². The van der Waals surface area contributed by atoms with Gasteiger partial charge in [0, 0.05) is 36.4 Å². The van der Waals surface area contributed by atoms with E-state index in [0.717, 1.165) is 36.8 Å². The summed E-state index contributed by atoms with van der Waals surface area (Å²) in [6.45, 7) is 10.4. The van der Waals surface area contributed by atoms with E-state index >= 15 is 0 Å². The SMILES string of the molecule is Cc1cc(C)cc(-n2c(C)cc([C@@H]3[C@@H](c4ccccn4)NC(=S)N3C[C@H]3CCCO3)c2C)c1. The van der Waals surface area contributed by atoms with Crippen molar-refractivity contribution in [3.8, 4) is 5.69 Å². The number of ether oxygens (including phenoxy) is 1. The minimum atomic E-state index is -0.00620. The van der Waals surface area contributed by atoms with Crippen molar-refractivity contribution in [2.45, 2.75) is 58.7 Å². The second kappa shape index (κ2) is 8.92. The Morgan fingerprint density at radius 3 is 2.55 bits per heavy atom. The fourth-order valence-electron chi connectivity index (χ4n) is 5.51. The van der Waals surface area contributed by atoms with Crippen LogP contribution < -0.4 is 5.32 Å². The molecule has 2 aliphatic heterocycles. The first kappa shape index (κ1) is 22.1. The lowest BCUT2D eigenvalue weighted by atomic mass is 9.96. The molecule has 2 aliphatic rings. The van der Waals surface area contributed by atoms with E-state index in [4.69, 9.17) is 21.9 Å². The van der Waals surface area contributed by atoms with Gasteiger partial charge in [0.15, 0.2) is 5.11 Å². The van der Waals surface area contributed by atoms with Gasteiger partial charge in [0.1, 0.15) is 0 Å². The van der Waals surface area contributed by atoms with Gasteiger partial charge in [-0.1, -0.05) is 12.1 Å². The van der Waals surface area contributed by atoms with Gasteiger partial charge in [-0.3, -0.25) is 4.98 Å². The van der Waals surface area contributed by atoms with Gasteiger partial charge in [-0.2, -0.15) is 0 Å². The number of hydrogen-bond donors (Lipinski definition) is 1. The second-order valence-electron chi connectivity index (χ2n) is 9.42. The Balaban J connectivity index is 1.60. The molecule has 2 aromatic heterocycles. The highest BCUT2D eigenvalue weighted by atomic mass is 32.1. The number of benzene rings is 1. The lowest BCUT2D eigenvalue weighted by Crippen LogP contribution is -2.36. The molecule has 5 rings (SSSR count). The van der Waals surface area contributed by atoms with Crippen LogP contribution in [0, 0.1) is 27.7 Å². The van der Waals surface area contributed by atoms with Gasteiger partial charge in [0.25, 0.3) is 0 Å². The quantitative estimate of drug-likeness (QED) is 0.526. The molecule has 1 aromatic carbocycles. The molecule has 172 valence electrons. The average Bonchev–Trinajstić information content (AvgIpc) is 3.47. The number of nitrogens with one attached hydrogen (secondary N) is 1. The maximum Gasteiger partial charge on any atom is 0.170 e. The molecule has 3 atom stereocenters. The molecule has 6 heteroatoms. The monoisotopic (exact) mass is 460 g/mol. The van der Waals surface area contributed by atoms with E-state index in [0.29, 0.717) is 0 Å². The summed E-state index contributed by atoms with van der Waals surface area (Å²) in [4.78, 5) is 7.02. The van der Waals surface area contributed by atoms with Crippen molar-refractivity contribution in [1.82, 2.24) is 19.8 Å². The summed E-state index contributed by atoms with van der Waals surface area (Å²) in [5.74, 6) is 0. The van der Waals surface area contributed by atoms with Crippen molar-refractivity contribution in [3.63, 3.8) is 0 Å². The summed E-state index contributed by atoms with van der Waals surface area (Å²) in [5.41, 5.74) is 8.52. The lowest BCUT2D eigenvalue weighted by Gasteiger charge is -2.30. The Kier molecular flexibility index (Phi) is 5.97. The number of hydrogen-bond acceptors (Lipinski definition) is 3. The fraction of sp³-hybridized carbons (Fsp3) is 0.407. The first-order chi connectivity index (χ1) is 15.9. The molecule has 5 nitrogen and oxygen atoms in total. The lowest BCUT2D eigenvalue weighted by molar-refractivity contribution is 0.0842. The van der Waals surface area contributed by atoms with Crippen molar-refractivity contribution in [3.05, 3.63) is 82.4 Å². The molecule has 0 aliphatic carbocycles. The van der Waals surface area contributed by atoms with Crippen molar-refractivity contribution in [2.75, 3.05) is 13.2 Å². The molecule has 0 amide bonds. The van der Waals surface area contributed by atoms with Crippen LogP contribution in [-0.2, 0) is 4.74 Å². The number of pyridine rings is 1. The van der Waals surface area contributed by atoms with Gasteiger partial charge in [-0.25, -0.2) is 0 Å². The standard InChI is InChI=1S/C27H32N4OS/c1-17-12-18(2)14-21(13-17)31-19(3)15-23(20(31)4)26-25(24-9-5-6-10-28-24)29-27(33)30(26)16-22-8-7-11-32-22/h5-6,9-10,12-15,22,25-26H,7-8,11,16H2,1-4H3,(H,29,33)/t22-,25-,26-/m1/s1. The molecule has 0 unspecified atom stereocenters. The summed E-state index contributed by atoms with van der Waals surface area (Å²) in [6.07, 6.45) is 4.28. The third-order valence-electron chi connectivity index (χ3n) is 6.88. The van der Waals surface area contributed by atoms with Crippen LogP contribution in [0.25, 0.3) is 5.69 Å². The van der Waals surface area contributed by atoms with Crippen LogP contribution in [0.3, 0.4) is 0 Å². The maximum absolute atomic E-state index is 5.99. The third kappa shape index (κ3) is 4.18. The summed E-state index contributed by atoms with van der Waals surface area (Å²) in [5, 5.41) is 4.37. The highest BCUT2D eigenvalue weighted by Gasteiger charge is 2.42. The Bertz CT molecular complexity index is 1150. The average molecular weight is 461 g/mol. The molecule has 2 fully saturated rings. The molecule has 4 heterocycles. The molecular weight excluding hydrogens is 428 g/mol. The van der Waals surface area contributed by atoms with Crippen molar-refractivity contribution < 1.29 is 4.74 Å². The number of aryl methyl sites for hydroxylation is 3. The summed E-state index contributed by atoms with van der Waals surface area (Å²) in [6, 6.07) is 15.2. The topological polar surface area (TPSA) is 42.3 Å². The Labute approximate surface area is 201 Å². The van der Waals surface area contributed by atoms with Gasteiger partial charge >= 0.3 is 0 Å². The minimum Gasteiger partial charge on any atom is -0.376 e. The molecule has 33 heavy (non-hydrogen) atoms. The largest absolute Gasteiger partial charge is 0.376 e. The van der Waals surface area contributed by atoms with E-state index < -0.39 is 0 Å². The van der Waals surface area contributed by atoms with Gasteiger partial charge in [0.05, 0.1) is 23.9 Å². The number of aromatic nitrogens is 2. The van der Waals surface area contributed by atoms with Crippen molar-refractivity contribution in [2.24, 2.45) is 0 Å². The zero-order chi connectivity index (χ0) is 23.1. The number of thiocarbonyl (C=S) groups is 1. The predicted molar refractivity (Wildman–Crippen MR) is 136 cm³/mol. The molecular formula is C27H32N4OS. The van der Waals surface area contributed by atoms with Crippen molar-refractivity contribution in [1.29, 1.82) is 0 Å². The number of rotatable bonds is 5. The first-order valence-electron chi connectivity index (χ1n) is 11.8. The van der Waals surface area contributed by atoms with Crippen LogP contribution in [0.1, 0.15) is 58.7 Å². The van der Waals surface area contributed by atoms with Gasteiger partial charge in [-0.05, 0) is 99.8 Å². The Hall–Kier alpha value is -2.70. The summed E-state index contributed by atoms with van der Waals surface area (Å²) in [7, 11) is 0. The van der Waals surface area contributed by atoms with E-state index in [1.807, 2.05) is 18.3 Å². The molecule has 0 bridgehead atoms. The maximum atomic E-state index is 5.99. The molecule has 1 N–H and O–H groups in total. The van der Waals surface area contributed by atoms with Gasteiger partial charge in [0.2, 0.25) is 0 Å². The second-order valence-corrected chi connectivity index (χ2v) is 9.81. The third-order valence-corrected chi connectivity index (χ3v) is 7.23. The molecule has 2 saturated heterocycles. The fourth-order valence-corrected chi connectivity index (χ4v) is 5.83. The van der Waals surface area contributed by atoms with E-state index in [1.165, 1.54) is 33.8 Å². The Morgan fingerprint density at radius 2 is 1.88 bits per heavy atom. The van der Waals surface area contributed by atoms with E-state index in [2.05, 4.69) is 72.8 Å². The first-order valence-corrected chi connectivity index (χ1v) is 12.2. The van der Waals surface area contributed by atoms with Gasteiger partial charge in [-0.15, -0.1) is 0 Å². The highest BCUT2D eigenvalue weighted by Crippen LogP contribution is 2.42. The van der Waals surface area contributed by atoms with Crippen LogP contribution in [-0.4, -0.2) is 38.8 Å². The van der Waals surface area contributed by atoms with Crippen LogP contribution >= 0.6 is 12.2 Å². The van der Waals surface area contributed by atoms with Crippen LogP contribution in [0.2, 0.25) is 0 Å². The molecule has 0 spiro atoms. The van der Waals surface area contributed by atoms with E-state index in [1.54, 1.807) is 0 Å². The zero-order valence-electron chi connectivity index (χ0n) is 19.8. The van der Waals surface area contributed by atoms with Gasteiger partial charge < -0.3 is 19.5 Å². The summed E-state index contributed by atoms with van der Waals surface area (Å²) < 4.78 is 8.36. The summed E-state index contributed by atoms with van der Waals surface area (Å²) >= 11 is 5.86. The van der Waals surface area contributed by atoms with Crippen LogP contribution in [0.5, 0.6) is 0 Å². The minimum absolute atomic E-state index is 0.00620. The molecule has 0 saturated carbocycles. The predicted octanol–water partition coefficient (Wildman–Crippen LogP) is 5.26. The Morgan fingerprint density at radius 1 is 1.09 bits per heavy atom. The number of nitrogens with zero attached hydrogens (tertiary/aromatic N) is 3. The smallest absolute Gasteiger partial charge is 0.170 e. The molecule has 3 aromatic rings. The molecule has 0 radical (unpaired) electrons. The highest BCUT2D eigenvalue weighted by molar-refractivity contribution is 7.80. The van der Waals surface area contributed by atoms with Crippen LogP contribution in [0.15, 0.2) is 48.7 Å². The zero-order valence-corrected chi connectivity index (χ0v) is 20.7. The normalized spacial score (nSPS) is 22.7. The van der Waals surface area contributed by atoms with E-state index in [-0.39, 0.29) is 18.2 Å². The van der Waals surface area contributed by atoms with Crippen molar-refractivity contribution >= 4 is 17.3 Å². The van der Waals surface area contributed by atoms with E-state index in [9.17, 15) is 0 Å².